The first kappa shape index (κ1) is 42.0. The van der Waals surface area contributed by atoms with Gasteiger partial charge in [-0.1, -0.05) is 65.7 Å². The predicted molar refractivity (Wildman–Crippen MR) is 231 cm³/mol. The molecule has 1 saturated heterocycles. The lowest BCUT2D eigenvalue weighted by Crippen LogP contribution is -2.46. The number of thioether (sulfide) groups is 1. The van der Waals surface area contributed by atoms with E-state index in [-0.39, 0.29) is 22.2 Å². The zero-order valence-electron chi connectivity index (χ0n) is 31.6. The van der Waals surface area contributed by atoms with Gasteiger partial charge in [0.1, 0.15) is 5.69 Å². The Morgan fingerprint density at radius 1 is 0.877 bits per heavy atom. The van der Waals surface area contributed by atoms with Crippen LogP contribution in [0.25, 0.3) is 11.1 Å². The molecular formula is C42H44Cl2N6O5S2. The zero-order chi connectivity index (χ0) is 40.5. The summed E-state index contributed by atoms with van der Waals surface area (Å²) in [7, 11) is -0.528. The smallest absolute Gasteiger partial charge is 0.293 e. The van der Waals surface area contributed by atoms with Crippen LogP contribution in [0.3, 0.4) is 0 Å². The highest BCUT2D eigenvalue weighted by atomic mass is 35.5. The lowest BCUT2D eigenvalue weighted by atomic mass is 9.99. The maximum absolute atomic E-state index is 13.4. The van der Waals surface area contributed by atoms with E-state index in [0.29, 0.717) is 28.8 Å². The molecule has 0 unspecified atom stereocenters. The summed E-state index contributed by atoms with van der Waals surface area (Å²) in [5, 5.41) is 16.8. The number of benzene rings is 5. The summed E-state index contributed by atoms with van der Waals surface area (Å²) in [6.45, 7) is 4.52. The third-order valence-electron chi connectivity index (χ3n) is 9.67. The molecule has 0 spiro atoms. The molecule has 2 N–H and O–H groups in total. The van der Waals surface area contributed by atoms with Crippen molar-refractivity contribution in [1.29, 1.82) is 0 Å². The van der Waals surface area contributed by atoms with Crippen molar-refractivity contribution in [2.24, 2.45) is 0 Å². The molecule has 298 valence electrons. The fraction of sp³-hybridized carbons (Fsp3) is 0.262. The second-order valence-electron chi connectivity index (χ2n) is 14.0. The normalized spacial score (nSPS) is 14.0. The molecule has 6 rings (SSSR count). The number of hydrogen-bond donors (Lipinski definition) is 2. The highest BCUT2D eigenvalue weighted by Crippen LogP contribution is 2.34. The van der Waals surface area contributed by atoms with Gasteiger partial charge in [0.25, 0.3) is 21.6 Å². The summed E-state index contributed by atoms with van der Waals surface area (Å²) >= 11 is 14.6. The first-order valence-electron chi connectivity index (χ1n) is 18.4. The van der Waals surface area contributed by atoms with Gasteiger partial charge in [0.2, 0.25) is 0 Å². The van der Waals surface area contributed by atoms with Crippen LogP contribution in [0.1, 0.15) is 22.3 Å². The Bertz CT molecular complexity index is 2290. The topological polar surface area (TPSA) is 128 Å². The number of halogens is 2. The minimum Gasteiger partial charge on any atom is -0.376 e. The van der Waals surface area contributed by atoms with Crippen molar-refractivity contribution in [3.63, 3.8) is 0 Å². The third kappa shape index (κ3) is 11.3. The molecule has 1 heterocycles. The van der Waals surface area contributed by atoms with Gasteiger partial charge < -0.3 is 15.1 Å². The first-order valence-corrected chi connectivity index (χ1v) is 21.6. The Hall–Kier alpha value is -4.63. The van der Waals surface area contributed by atoms with Gasteiger partial charge in [0.15, 0.2) is 0 Å². The maximum atomic E-state index is 13.4. The molecular weight excluding hydrogens is 804 g/mol. The quantitative estimate of drug-likeness (QED) is 0.0567. The van der Waals surface area contributed by atoms with E-state index in [1.165, 1.54) is 12.1 Å². The zero-order valence-corrected chi connectivity index (χ0v) is 34.8. The fourth-order valence-electron chi connectivity index (χ4n) is 6.60. The SMILES string of the molecule is CN(C)CC[C@H](CSc1ccccc1)Nc1ccc(S(=O)(=O)NC(=O)c2ccc(N3CCN(Cc4cc(Cl)ccc4-c4ccccc4Cl)CC3)cc2)cc1[N+](=O)[O-]. The minimum absolute atomic E-state index is 0.140. The van der Waals surface area contributed by atoms with E-state index in [1.54, 1.807) is 36.0 Å². The maximum Gasteiger partial charge on any atom is 0.293 e. The van der Waals surface area contributed by atoms with E-state index in [4.69, 9.17) is 23.2 Å². The number of nitrogens with one attached hydrogen (secondary N) is 2. The number of nitro groups is 1. The van der Waals surface area contributed by atoms with Crippen molar-refractivity contribution in [2.45, 2.75) is 28.8 Å². The van der Waals surface area contributed by atoms with Gasteiger partial charge in [-0.05, 0) is 105 Å². The van der Waals surface area contributed by atoms with Crippen LogP contribution in [0.15, 0.2) is 125 Å². The van der Waals surface area contributed by atoms with Crippen LogP contribution in [0.5, 0.6) is 0 Å². The van der Waals surface area contributed by atoms with Crippen molar-refractivity contribution in [2.75, 3.05) is 62.8 Å². The van der Waals surface area contributed by atoms with Gasteiger partial charge in [-0.2, -0.15) is 0 Å². The number of carbonyl (C=O) groups is 1. The van der Waals surface area contributed by atoms with Crippen molar-refractivity contribution in [1.82, 2.24) is 14.5 Å². The van der Waals surface area contributed by atoms with Crippen LogP contribution >= 0.6 is 35.0 Å². The summed E-state index contributed by atoms with van der Waals surface area (Å²) in [5.74, 6) is -0.204. The second-order valence-corrected chi connectivity index (χ2v) is 17.6. The van der Waals surface area contributed by atoms with E-state index >= 15 is 0 Å². The molecule has 0 aromatic heterocycles. The molecule has 5 aromatic rings. The molecule has 11 nitrogen and oxygen atoms in total. The van der Waals surface area contributed by atoms with Crippen LogP contribution in [0.2, 0.25) is 10.0 Å². The molecule has 5 aromatic carbocycles. The monoisotopic (exact) mass is 846 g/mol. The number of piperazine rings is 1. The van der Waals surface area contributed by atoms with Crippen molar-refractivity contribution < 1.29 is 18.1 Å². The van der Waals surface area contributed by atoms with Crippen LogP contribution in [0, 0.1) is 10.1 Å². The number of nitro benzene ring substituents is 1. The van der Waals surface area contributed by atoms with Crippen LogP contribution in [0.4, 0.5) is 17.1 Å². The molecule has 1 aliphatic rings. The van der Waals surface area contributed by atoms with E-state index in [1.807, 2.05) is 91.8 Å². The molecule has 0 radical (unpaired) electrons. The lowest BCUT2D eigenvalue weighted by Gasteiger charge is -2.36. The number of nitrogens with zero attached hydrogens (tertiary/aromatic N) is 4. The van der Waals surface area contributed by atoms with E-state index in [2.05, 4.69) is 19.8 Å². The van der Waals surface area contributed by atoms with Gasteiger partial charge >= 0.3 is 0 Å². The van der Waals surface area contributed by atoms with Crippen LogP contribution in [-0.4, -0.2) is 87.7 Å². The van der Waals surface area contributed by atoms with Crippen LogP contribution < -0.4 is 14.9 Å². The average molecular weight is 848 g/mol. The number of amides is 1. The molecule has 57 heavy (non-hydrogen) atoms. The molecule has 0 bridgehead atoms. The second kappa shape index (κ2) is 19.2. The van der Waals surface area contributed by atoms with Gasteiger partial charge in [0.05, 0.1) is 9.82 Å². The average Bonchev–Trinajstić information content (AvgIpc) is 3.20. The van der Waals surface area contributed by atoms with Crippen molar-refractivity contribution >= 4 is 68.0 Å². The minimum atomic E-state index is -4.44. The third-order valence-corrected chi connectivity index (χ3v) is 12.7. The Morgan fingerprint density at radius 3 is 2.26 bits per heavy atom. The van der Waals surface area contributed by atoms with Crippen LogP contribution in [-0.2, 0) is 16.6 Å². The highest BCUT2D eigenvalue weighted by molar-refractivity contribution is 7.99. The fourth-order valence-corrected chi connectivity index (χ4v) is 9.02. The summed E-state index contributed by atoms with van der Waals surface area (Å²) in [6, 6.07) is 33.7. The molecule has 0 saturated carbocycles. The van der Waals surface area contributed by atoms with Crippen molar-refractivity contribution in [3.8, 4) is 11.1 Å². The van der Waals surface area contributed by atoms with E-state index in [9.17, 15) is 23.3 Å². The van der Waals surface area contributed by atoms with Crippen molar-refractivity contribution in [3.05, 3.63) is 147 Å². The van der Waals surface area contributed by atoms with E-state index in [0.717, 1.165) is 66.1 Å². The van der Waals surface area contributed by atoms with E-state index < -0.39 is 26.5 Å². The Labute approximate surface area is 348 Å². The van der Waals surface area contributed by atoms with Gasteiger partial charge in [-0.3, -0.25) is 19.8 Å². The number of sulfonamides is 1. The molecule has 0 aliphatic carbocycles. The predicted octanol–water partition coefficient (Wildman–Crippen LogP) is 8.53. The number of anilines is 2. The standard InChI is InChI=1S/C42H44Cl2N6O5S2/c1-47(2)21-20-33(29-56-35-8-4-3-5-9-35)45-40-19-17-36(27-41(40)50(52)53)57(54,55)46-42(51)30-12-15-34(16-13-30)49-24-22-48(23-25-49)28-31-26-32(43)14-18-37(31)38-10-6-7-11-39(38)44/h3-19,26-27,33,45H,20-25,28-29H2,1-2H3,(H,46,51)/t33-/m1/s1. The largest absolute Gasteiger partial charge is 0.376 e. The molecule has 1 fully saturated rings. The number of carbonyl (C=O) groups excluding carboxylic acids is 1. The van der Waals surface area contributed by atoms with Gasteiger partial charge in [0, 0.05) is 82.3 Å². The number of hydrogen-bond acceptors (Lipinski definition) is 10. The summed E-state index contributed by atoms with van der Waals surface area (Å²) in [6.07, 6.45) is 0.699. The summed E-state index contributed by atoms with van der Waals surface area (Å²) in [5.41, 5.74) is 3.94. The Kier molecular flexibility index (Phi) is 14.2. The molecule has 1 aliphatic heterocycles. The molecule has 1 atom stereocenters. The first-order chi connectivity index (χ1) is 27.4. The van der Waals surface area contributed by atoms with Gasteiger partial charge in [-0.25, -0.2) is 13.1 Å². The molecule has 1 amide bonds. The molecule has 15 heteroatoms. The number of rotatable bonds is 16. The summed E-state index contributed by atoms with van der Waals surface area (Å²) < 4.78 is 28.8. The Morgan fingerprint density at radius 2 is 1.58 bits per heavy atom. The summed E-state index contributed by atoms with van der Waals surface area (Å²) in [4.78, 5) is 32.0. The lowest BCUT2D eigenvalue weighted by molar-refractivity contribution is -0.384. The highest BCUT2D eigenvalue weighted by Gasteiger charge is 2.26. The Balaban J connectivity index is 1.07. The van der Waals surface area contributed by atoms with Gasteiger partial charge in [-0.15, -0.1) is 11.8 Å².